The smallest absolute Gasteiger partial charge is 0.341 e. The van der Waals surface area contributed by atoms with Crippen molar-refractivity contribution in [1.29, 1.82) is 0 Å². The van der Waals surface area contributed by atoms with Gasteiger partial charge in [-0.2, -0.15) is 0 Å². The van der Waals surface area contributed by atoms with Crippen LogP contribution in [0.25, 0.3) is 10.9 Å². The second-order valence-electron chi connectivity index (χ2n) is 7.73. The first kappa shape index (κ1) is 25.1. The Bertz CT molecular complexity index is 1170. The molecule has 1 atom stereocenters. The van der Waals surface area contributed by atoms with Gasteiger partial charge < -0.3 is 19.5 Å². The molecule has 2 N–H and O–H groups in total. The molecule has 0 aliphatic carbocycles. The highest BCUT2D eigenvalue weighted by molar-refractivity contribution is 5.93. The number of aromatic nitrogens is 1. The third-order valence-corrected chi connectivity index (χ3v) is 5.06. The van der Waals surface area contributed by atoms with Crippen LogP contribution in [0.4, 0.5) is 4.39 Å². The van der Waals surface area contributed by atoms with Gasteiger partial charge in [0.25, 0.3) is 0 Å². The van der Waals surface area contributed by atoms with Crippen LogP contribution in [0.3, 0.4) is 0 Å². The molecule has 0 saturated carbocycles. The standard InChI is InChI=1S/C22H22FNO5.C3H8/c1-12-5-4-6-14(20(12)23)7-15-8-16-18(9-19(15)29-3)24(13(2)11-25)10-17(21(16)26)22(27)28;1-3-2/h4-6,8-10,13,25H,7,11H2,1-3H3,(H,27,28);3H2,1-2H3. The Hall–Kier alpha value is -3.19. The van der Waals surface area contributed by atoms with Gasteiger partial charge in [0, 0.05) is 24.1 Å². The zero-order valence-electron chi connectivity index (χ0n) is 19.1. The fraction of sp³-hybridized carbons (Fsp3) is 0.360. The summed E-state index contributed by atoms with van der Waals surface area (Å²) in [6, 6.07) is 7.79. The number of ether oxygens (including phenoxy) is 1. The van der Waals surface area contributed by atoms with Gasteiger partial charge in [-0.3, -0.25) is 4.79 Å². The number of aryl methyl sites for hydroxylation is 1. The molecule has 32 heavy (non-hydrogen) atoms. The average molecular weight is 444 g/mol. The lowest BCUT2D eigenvalue weighted by atomic mass is 9.99. The van der Waals surface area contributed by atoms with Gasteiger partial charge in [-0.25, -0.2) is 9.18 Å². The summed E-state index contributed by atoms with van der Waals surface area (Å²) in [7, 11) is 1.47. The maximum absolute atomic E-state index is 14.5. The van der Waals surface area contributed by atoms with Crippen LogP contribution < -0.4 is 10.2 Å². The monoisotopic (exact) mass is 443 g/mol. The number of carboxylic acids is 1. The molecule has 6 nitrogen and oxygen atoms in total. The number of halogens is 1. The first-order chi connectivity index (χ1) is 15.2. The average Bonchev–Trinajstić information content (AvgIpc) is 2.76. The lowest BCUT2D eigenvalue weighted by Crippen LogP contribution is -2.22. The highest BCUT2D eigenvalue weighted by Crippen LogP contribution is 2.29. The lowest BCUT2D eigenvalue weighted by molar-refractivity contribution is 0.0694. The summed E-state index contributed by atoms with van der Waals surface area (Å²) in [5.74, 6) is -1.24. The molecule has 1 aromatic heterocycles. The van der Waals surface area contributed by atoms with Gasteiger partial charge in [0.2, 0.25) is 5.43 Å². The lowest BCUT2D eigenvalue weighted by Gasteiger charge is -2.19. The highest BCUT2D eigenvalue weighted by Gasteiger charge is 2.20. The Labute approximate surface area is 186 Å². The van der Waals surface area contributed by atoms with Crippen LogP contribution >= 0.6 is 0 Å². The Morgan fingerprint density at radius 1 is 1.22 bits per heavy atom. The molecule has 3 rings (SSSR count). The van der Waals surface area contributed by atoms with E-state index in [1.54, 1.807) is 48.7 Å². The predicted octanol–water partition coefficient (Wildman–Crippen LogP) is 4.72. The van der Waals surface area contributed by atoms with Gasteiger partial charge in [0.15, 0.2) is 0 Å². The second-order valence-corrected chi connectivity index (χ2v) is 7.73. The molecule has 0 fully saturated rings. The molecule has 0 amide bonds. The normalized spacial score (nSPS) is 11.6. The first-order valence-corrected chi connectivity index (χ1v) is 10.5. The van der Waals surface area contributed by atoms with Crippen molar-refractivity contribution < 1.29 is 24.1 Å². The van der Waals surface area contributed by atoms with E-state index in [-0.39, 0.29) is 24.2 Å². The molecule has 1 unspecified atom stereocenters. The Morgan fingerprint density at radius 3 is 2.44 bits per heavy atom. The molecule has 0 bridgehead atoms. The molecule has 0 aliphatic heterocycles. The van der Waals surface area contributed by atoms with E-state index in [9.17, 15) is 24.2 Å². The zero-order chi connectivity index (χ0) is 24.0. The van der Waals surface area contributed by atoms with Gasteiger partial charge in [-0.05, 0) is 36.6 Å². The molecule has 0 spiro atoms. The number of benzene rings is 2. The van der Waals surface area contributed by atoms with Crippen molar-refractivity contribution in [2.75, 3.05) is 13.7 Å². The molecule has 3 aromatic rings. The SMILES string of the molecule is CCC.COc1cc2c(cc1Cc1cccc(C)c1F)c(=O)c(C(=O)O)cn2C(C)CO. The molecular formula is C25H30FNO5. The number of hydrogen-bond acceptors (Lipinski definition) is 4. The van der Waals surface area contributed by atoms with E-state index in [4.69, 9.17) is 4.74 Å². The molecule has 1 heterocycles. The summed E-state index contributed by atoms with van der Waals surface area (Å²) in [6.07, 6.45) is 2.66. The Balaban J connectivity index is 0.00000114. The number of fused-ring (bicyclic) bond motifs is 1. The summed E-state index contributed by atoms with van der Waals surface area (Å²) in [5, 5.41) is 19.2. The third-order valence-electron chi connectivity index (χ3n) is 5.06. The zero-order valence-corrected chi connectivity index (χ0v) is 19.1. The van der Waals surface area contributed by atoms with Crippen LogP contribution in [-0.4, -0.2) is 34.5 Å². The van der Waals surface area contributed by atoms with Crippen LogP contribution in [0.5, 0.6) is 5.75 Å². The van der Waals surface area contributed by atoms with E-state index in [0.717, 1.165) is 0 Å². The van der Waals surface area contributed by atoms with Crippen LogP contribution in [-0.2, 0) is 6.42 Å². The number of carboxylic acid groups (broad SMARTS) is 1. The van der Waals surface area contributed by atoms with Crippen LogP contribution in [0.1, 0.15) is 60.3 Å². The van der Waals surface area contributed by atoms with E-state index in [0.29, 0.717) is 28.0 Å². The van der Waals surface area contributed by atoms with Crippen molar-refractivity contribution >= 4 is 16.9 Å². The van der Waals surface area contributed by atoms with Crippen molar-refractivity contribution in [3.8, 4) is 5.75 Å². The van der Waals surface area contributed by atoms with Crippen molar-refractivity contribution in [2.24, 2.45) is 0 Å². The third kappa shape index (κ3) is 5.16. The van der Waals surface area contributed by atoms with E-state index in [1.165, 1.54) is 19.7 Å². The number of methoxy groups -OCH3 is 1. The van der Waals surface area contributed by atoms with Crippen molar-refractivity contribution in [3.63, 3.8) is 0 Å². The van der Waals surface area contributed by atoms with Crippen LogP contribution in [0.15, 0.2) is 41.3 Å². The van der Waals surface area contributed by atoms with Gasteiger partial charge in [-0.1, -0.05) is 38.5 Å². The summed E-state index contributed by atoms with van der Waals surface area (Å²) >= 11 is 0. The van der Waals surface area contributed by atoms with E-state index in [1.807, 2.05) is 0 Å². The summed E-state index contributed by atoms with van der Waals surface area (Å²) in [5.41, 5.74) is 0.924. The largest absolute Gasteiger partial charge is 0.496 e. The number of pyridine rings is 1. The number of carbonyl (C=O) groups is 1. The minimum absolute atomic E-state index is 0.175. The number of aromatic carboxylic acids is 1. The molecular weight excluding hydrogens is 413 g/mol. The maximum Gasteiger partial charge on any atom is 0.341 e. The highest BCUT2D eigenvalue weighted by atomic mass is 19.1. The van der Waals surface area contributed by atoms with E-state index < -0.39 is 23.0 Å². The number of hydrogen-bond donors (Lipinski definition) is 2. The number of aliphatic hydroxyl groups excluding tert-OH is 1. The van der Waals surface area contributed by atoms with Gasteiger partial charge in [-0.15, -0.1) is 0 Å². The Kier molecular flexibility index (Phi) is 8.55. The van der Waals surface area contributed by atoms with Crippen LogP contribution in [0, 0.1) is 12.7 Å². The topological polar surface area (TPSA) is 88.8 Å². The van der Waals surface area contributed by atoms with Crippen molar-refractivity contribution in [1.82, 2.24) is 4.57 Å². The molecule has 172 valence electrons. The number of aliphatic hydroxyl groups is 1. The maximum atomic E-state index is 14.5. The Morgan fingerprint density at radius 2 is 1.88 bits per heavy atom. The molecule has 2 aromatic carbocycles. The van der Waals surface area contributed by atoms with E-state index in [2.05, 4.69) is 13.8 Å². The van der Waals surface area contributed by atoms with Crippen LogP contribution in [0.2, 0.25) is 0 Å². The van der Waals surface area contributed by atoms with Gasteiger partial charge in [0.1, 0.15) is 17.1 Å². The van der Waals surface area contributed by atoms with Gasteiger partial charge >= 0.3 is 5.97 Å². The molecule has 0 radical (unpaired) electrons. The van der Waals surface area contributed by atoms with E-state index >= 15 is 0 Å². The first-order valence-electron chi connectivity index (χ1n) is 10.5. The second kappa shape index (κ2) is 10.9. The molecule has 7 heteroatoms. The molecule has 0 aliphatic rings. The number of rotatable bonds is 6. The summed E-state index contributed by atoms with van der Waals surface area (Å²) in [4.78, 5) is 24.3. The predicted molar refractivity (Wildman–Crippen MR) is 123 cm³/mol. The minimum atomic E-state index is -1.35. The van der Waals surface area contributed by atoms with Crippen molar-refractivity contribution in [3.05, 3.63) is 74.8 Å². The minimum Gasteiger partial charge on any atom is -0.496 e. The fourth-order valence-electron chi connectivity index (χ4n) is 3.40. The summed E-state index contributed by atoms with van der Waals surface area (Å²) < 4.78 is 21.5. The molecule has 0 saturated heterocycles. The van der Waals surface area contributed by atoms with Crippen molar-refractivity contribution in [2.45, 2.75) is 46.6 Å². The quantitative estimate of drug-likeness (QED) is 0.576. The summed E-state index contributed by atoms with van der Waals surface area (Å²) in [6.45, 7) is 7.39. The fourth-order valence-corrected chi connectivity index (χ4v) is 3.40. The van der Waals surface area contributed by atoms with Gasteiger partial charge in [0.05, 0.1) is 25.3 Å². The number of nitrogens with zero attached hydrogens (tertiary/aromatic N) is 1.